The van der Waals surface area contributed by atoms with Crippen LogP contribution in [-0.2, 0) is 9.59 Å². The molecule has 0 unspecified atom stereocenters. The number of ether oxygens (including phenoxy) is 1. The Bertz CT molecular complexity index is 833. The van der Waals surface area contributed by atoms with Gasteiger partial charge in [0.1, 0.15) is 12.4 Å². The summed E-state index contributed by atoms with van der Waals surface area (Å²) in [5, 5.41) is 2.96. The first kappa shape index (κ1) is 21.8. The van der Waals surface area contributed by atoms with E-state index in [0.717, 1.165) is 17.0 Å². The lowest BCUT2D eigenvalue weighted by Crippen LogP contribution is -2.45. The number of rotatable bonds is 8. The summed E-state index contributed by atoms with van der Waals surface area (Å²) >= 11 is 0. The summed E-state index contributed by atoms with van der Waals surface area (Å²) in [5.74, 6) is 0.953. The van der Waals surface area contributed by atoms with Crippen molar-refractivity contribution in [1.82, 2.24) is 9.80 Å². The third kappa shape index (κ3) is 6.59. The normalized spacial score (nSPS) is 14.6. The van der Waals surface area contributed by atoms with Crippen LogP contribution in [0.5, 0.6) is 5.75 Å². The first-order valence-electron chi connectivity index (χ1n) is 10.5. The summed E-state index contributed by atoms with van der Waals surface area (Å²) < 4.78 is 5.76. The summed E-state index contributed by atoms with van der Waals surface area (Å²) in [4.78, 5) is 28.9. The van der Waals surface area contributed by atoms with E-state index in [1.165, 1.54) is 0 Å². The first-order valence-corrected chi connectivity index (χ1v) is 10.5. The molecule has 1 heterocycles. The number of likely N-dealkylation sites (N-methyl/N-ethyl adjacent to an activating group) is 1. The summed E-state index contributed by atoms with van der Waals surface area (Å²) in [7, 11) is 1.93. The van der Waals surface area contributed by atoms with Crippen LogP contribution in [-0.4, -0.2) is 61.4 Å². The second-order valence-corrected chi connectivity index (χ2v) is 7.91. The van der Waals surface area contributed by atoms with Crippen molar-refractivity contribution in [2.24, 2.45) is 5.92 Å². The largest absolute Gasteiger partial charge is 0.492 e. The number of carbonyl (C=O) groups excluding carboxylic acids is 2. The summed E-state index contributed by atoms with van der Waals surface area (Å²) in [5.41, 5.74) is 1.98. The van der Waals surface area contributed by atoms with E-state index in [1.54, 1.807) is 0 Å². The van der Waals surface area contributed by atoms with Gasteiger partial charge in [-0.3, -0.25) is 14.5 Å². The van der Waals surface area contributed by atoms with Gasteiger partial charge in [-0.2, -0.15) is 0 Å². The molecule has 1 N–H and O–H groups in total. The van der Waals surface area contributed by atoms with Crippen molar-refractivity contribution in [3.05, 3.63) is 60.2 Å². The average Bonchev–Trinajstić information content (AvgIpc) is 2.74. The van der Waals surface area contributed by atoms with Crippen molar-refractivity contribution < 1.29 is 14.3 Å². The average molecular weight is 410 g/mol. The van der Waals surface area contributed by atoms with Crippen molar-refractivity contribution in [1.29, 1.82) is 0 Å². The molecule has 1 aliphatic rings. The van der Waals surface area contributed by atoms with E-state index in [1.807, 2.05) is 78.4 Å². The third-order valence-electron chi connectivity index (χ3n) is 5.40. The lowest BCUT2D eigenvalue weighted by atomic mass is 9.95. The number of hydrogen-bond donors (Lipinski definition) is 1. The lowest BCUT2D eigenvalue weighted by molar-refractivity contribution is -0.135. The van der Waals surface area contributed by atoms with Gasteiger partial charge in [0, 0.05) is 31.2 Å². The van der Waals surface area contributed by atoms with Crippen molar-refractivity contribution in [3.63, 3.8) is 0 Å². The molecule has 2 aromatic rings. The molecule has 2 amide bonds. The first-order chi connectivity index (χ1) is 14.5. The molecule has 6 nitrogen and oxygen atoms in total. The van der Waals surface area contributed by atoms with E-state index >= 15 is 0 Å². The molecule has 3 rings (SSSR count). The monoisotopic (exact) mass is 409 g/mol. The highest BCUT2D eigenvalue weighted by Crippen LogP contribution is 2.20. The zero-order valence-electron chi connectivity index (χ0n) is 17.8. The molecule has 6 heteroatoms. The standard InChI is InChI=1S/C24H31N3O3/c1-19-7-6-10-22(17-19)30-16-15-26(2)18-23(28)27-13-11-20(12-14-27)24(29)25-21-8-4-3-5-9-21/h3-10,17,20H,11-16,18H2,1-2H3,(H,25,29). The number of likely N-dealkylation sites (tertiary alicyclic amines) is 1. The van der Waals surface area contributed by atoms with Crippen LogP contribution < -0.4 is 10.1 Å². The number of amides is 2. The fraction of sp³-hybridized carbons (Fsp3) is 0.417. The van der Waals surface area contributed by atoms with E-state index in [0.29, 0.717) is 45.6 Å². The van der Waals surface area contributed by atoms with Gasteiger partial charge in [0.05, 0.1) is 6.54 Å². The van der Waals surface area contributed by atoms with E-state index in [4.69, 9.17) is 4.74 Å². The van der Waals surface area contributed by atoms with E-state index < -0.39 is 0 Å². The maximum absolute atomic E-state index is 12.6. The third-order valence-corrected chi connectivity index (χ3v) is 5.40. The van der Waals surface area contributed by atoms with Crippen molar-refractivity contribution in [2.75, 3.05) is 45.2 Å². The highest BCUT2D eigenvalue weighted by atomic mass is 16.5. The lowest BCUT2D eigenvalue weighted by Gasteiger charge is -2.32. The van der Waals surface area contributed by atoms with Gasteiger partial charge in [-0.15, -0.1) is 0 Å². The second-order valence-electron chi connectivity index (χ2n) is 7.91. The predicted molar refractivity (Wildman–Crippen MR) is 119 cm³/mol. The molecule has 0 bridgehead atoms. The fourth-order valence-corrected chi connectivity index (χ4v) is 3.59. The number of nitrogens with one attached hydrogen (secondary N) is 1. The highest BCUT2D eigenvalue weighted by molar-refractivity contribution is 5.92. The molecule has 0 aromatic heterocycles. The van der Waals surface area contributed by atoms with Crippen LogP contribution in [0.3, 0.4) is 0 Å². The molecule has 0 radical (unpaired) electrons. The molecule has 0 atom stereocenters. The summed E-state index contributed by atoms with van der Waals surface area (Å²) in [6, 6.07) is 17.4. The minimum absolute atomic E-state index is 0.0405. The van der Waals surface area contributed by atoms with E-state index in [2.05, 4.69) is 5.32 Å². The van der Waals surface area contributed by atoms with Gasteiger partial charge in [0.25, 0.3) is 0 Å². The number of benzene rings is 2. The SMILES string of the molecule is Cc1cccc(OCCN(C)CC(=O)N2CCC(C(=O)Nc3ccccc3)CC2)c1. The molecule has 1 fully saturated rings. The Hall–Kier alpha value is -2.86. The zero-order valence-corrected chi connectivity index (χ0v) is 17.8. The van der Waals surface area contributed by atoms with Crippen molar-refractivity contribution in [2.45, 2.75) is 19.8 Å². The Morgan fingerprint density at radius 2 is 1.83 bits per heavy atom. The van der Waals surface area contributed by atoms with Crippen LogP contribution in [0.2, 0.25) is 0 Å². The number of carbonyl (C=O) groups is 2. The van der Waals surface area contributed by atoms with Crippen LogP contribution in [0, 0.1) is 12.8 Å². The molecular weight excluding hydrogens is 378 g/mol. The number of nitrogens with zero attached hydrogens (tertiary/aromatic N) is 2. The maximum Gasteiger partial charge on any atom is 0.236 e. The smallest absolute Gasteiger partial charge is 0.236 e. The van der Waals surface area contributed by atoms with Crippen molar-refractivity contribution >= 4 is 17.5 Å². The summed E-state index contributed by atoms with van der Waals surface area (Å²) in [6.45, 7) is 4.85. The molecule has 0 saturated carbocycles. The molecule has 1 aliphatic heterocycles. The van der Waals surface area contributed by atoms with E-state index in [-0.39, 0.29) is 17.7 Å². The second kappa shape index (κ2) is 10.8. The van der Waals surface area contributed by atoms with Crippen LogP contribution in [0.1, 0.15) is 18.4 Å². The minimum atomic E-state index is -0.0466. The minimum Gasteiger partial charge on any atom is -0.492 e. The topological polar surface area (TPSA) is 61.9 Å². The Kier molecular flexibility index (Phi) is 7.85. The molecule has 160 valence electrons. The molecule has 30 heavy (non-hydrogen) atoms. The van der Waals surface area contributed by atoms with Crippen LogP contribution in [0.15, 0.2) is 54.6 Å². The molecule has 0 spiro atoms. The zero-order chi connectivity index (χ0) is 21.3. The van der Waals surface area contributed by atoms with Crippen molar-refractivity contribution in [3.8, 4) is 5.75 Å². The summed E-state index contributed by atoms with van der Waals surface area (Å²) in [6.07, 6.45) is 1.40. The quantitative estimate of drug-likeness (QED) is 0.727. The number of piperidine rings is 1. The Labute approximate surface area is 178 Å². The van der Waals surface area contributed by atoms with Gasteiger partial charge in [0.15, 0.2) is 0 Å². The number of para-hydroxylation sites is 1. The maximum atomic E-state index is 12.6. The van der Waals surface area contributed by atoms with Gasteiger partial charge in [0.2, 0.25) is 11.8 Å². The highest BCUT2D eigenvalue weighted by Gasteiger charge is 2.27. The van der Waals surface area contributed by atoms with E-state index in [9.17, 15) is 9.59 Å². The Morgan fingerprint density at radius 1 is 1.10 bits per heavy atom. The fourth-order valence-electron chi connectivity index (χ4n) is 3.59. The predicted octanol–water partition coefficient (Wildman–Crippen LogP) is 3.18. The Balaban J connectivity index is 1.35. The van der Waals surface area contributed by atoms with Gasteiger partial charge >= 0.3 is 0 Å². The van der Waals surface area contributed by atoms with Gasteiger partial charge < -0.3 is 15.0 Å². The molecular formula is C24H31N3O3. The van der Waals surface area contributed by atoms with Gasteiger partial charge in [-0.1, -0.05) is 30.3 Å². The number of aryl methyl sites for hydroxylation is 1. The van der Waals surface area contributed by atoms with Crippen LogP contribution in [0.25, 0.3) is 0 Å². The molecule has 2 aromatic carbocycles. The van der Waals surface area contributed by atoms with Crippen LogP contribution >= 0.6 is 0 Å². The number of hydrogen-bond acceptors (Lipinski definition) is 4. The van der Waals surface area contributed by atoms with Gasteiger partial charge in [-0.25, -0.2) is 0 Å². The number of anilines is 1. The molecule has 1 saturated heterocycles. The van der Waals surface area contributed by atoms with Gasteiger partial charge in [-0.05, 0) is 56.6 Å². The molecule has 0 aliphatic carbocycles. The van der Waals surface area contributed by atoms with Crippen LogP contribution in [0.4, 0.5) is 5.69 Å². The Morgan fingerprint density at radius 3 is 2.53 bits per heavy atom.